The Kier molecular flexibility index (Phi) is 3.84. The fourth-order valence-corrected chi connectivity index (χ4v) is 1.57. The molecule has 1 saturated heterocycles. The molecule has 1 aliphatic rings. The van der Waals surface area contributed by atoms with Crippen LogP contribution in [-0.2, 0) is 19.1 Å². The third kappa shape index (κ3) is 2.99. The molecule has 1 fully saturated rings. The van der Waals surface area contributed by atoms with Gasteiger partial charge in [-0.3, -0.25) is 4.79 Å². The van der Waals surface area contributed by atoms with E-state index in [9.17, 15) is 9.59 Å². The fourth-order valence-electron chi connectivity index (χ4n) is 1.57. The average molecular weight is 242 g/mol. The van der Waals surface area contributed by atoms with Gasteiger partial charge < -0.3 is 9.47 Å². The molecule has 2 atom stereocenters. The van der Waals surface area contributed by atoms with Crippen molar-refractivity contribution < 1.29 is 19.1 Å². The van der Waals surface area contributed by atoms with E-state index < -0.39 is 23.1 Å². The SMILES string of the molecule is CCC1(C)CC(OC(=O)C(C)(C)CC)C(=O)O1. The van der Waals surface area contributed by atoms with E-state index >= 15 is 0 Å². The first-order chi connectivity index (χ1) is 7.74. The molecule has 0 N–H and O–H groups in total. The van der Waals surface area contributed by atoms with Gasteiger partial charge in [0.05, 0.1) is 5.41 Å². The molecular weight excluding hydrogens is 220 g/mol. The standard InChI is InChI=1S/C13H22O4/c1-6-12(3,4)11(15)16-9-8-13(5,7-2)17-10(9)14/h9H,6-8H2,1-5H3. The van der Waals surface area contributed by atoms with Crippen molar-refractivity contribution in [2.45, 2.75) is 65.6 Å². The third-order valence-electron chi connectivity index (χ3n) is 3.66. The van der Waals surface area contributed by atoms with Crippen LogP contribution in [0.4, 0.5) is 0 Å². The van der Waals surface area contributed by atoms with Crippen LogP contribution in [0.25, 0.3) is 0 Å². The number of carbonyl (C=O) groups excluding carboxylic acids is 2. The molecule has 1 rings (SSSR count). The highest BCUT2D eigenvalue weighted by molar-refractivity contribution is 5.83. The van der Waals surface area contributed by atoms with Crippen LogP contribution in [0.2, 0.25) is 0 Å². The minimum absolute atomic E-state index is 0.331. The monoisotopic (exact) mass is 242 g/mol. The van der Waals surface area contributed by atoms with Gasteiger partial charge in [-0.1, -0.05) is 13.8 Å². The highest BCUT2D eigenvalue weighted by Crippen LogP contribution is 2.33. The maximum absolute atomic E-state index is 11.9. The largest absolute Gasteiger partial charge is 0.456 e. The van der Waals surface area contributed by atoms with Crippen LogP contribution in [0.3, 0.4) is 0 Å². The van der Waals surface area contributed by atoms with Gasteiger partial charge in [0.2, 0.25) is 6.10 Å². The lowest BCUT2D eigenvalue weighted by molar-refractivity contribution is -0.168. The average Bonchev–Trinajstić information content (AvgIpc) is 2.55. The van der Waals surface area contributed by atoms with Crippen molar-refractivity contribution in [1.29, 1.82) is 0 Å². The first-order valence-electron chi connectivity index (χ1n) is 6.18. The molecule has 98 valence electrons. The normalized spacial score (nSPS) is 29.0. The summed E-state index contributed by atoms with van der Waals surface area (Å²) in [7, 11) is 0. The van der Waals surface area contributed by atoms with Gasteiger partial charge >= 0.3 is 11.9 Å². The number of hydrogen-bond donors (Lipinski definition) is 0. The molecule has 4 heteroatoms. The van der Waals surface area contributed by atoms with Gasteiger partial charge in [0.15, 0.2) is 0 Å². The molecule has 1 heterocycles. The third-order valence-corrected chi connectivity index (χ3v) is 3.66. The Balaban J connectivity index is 2.66. The number of ether oxygens (including phenoxy) is 2. The zero-order valence-corrected chi connectivity index (χ0v) is 11.3. The van der Waals surface area contributed by atoms with Gasteiger partial charge in [0.25, 0.3) is 0 Å². The number of hydrogen-bond acceptors (Lipinski definition) is 4. The van der Waals surface area contributed by atoms with Crippen molar-refractivity contribution in [3.05, 3.63) is 0 Å². The maximum Gasteiger partial charge on any atom is 0.348 e. The molecule has 0 aromatic rings. The van der Waals surface area contributed by atoms with Gasteiger partial charge in [-0.25, -0.2) is 4.79 Å². The van der Waals surface area contributed by atoms with E-state index in [-0.39, 0.29) is 5.97 Å². The quantitative estimate of drug-likeness (QED) is 0.710. The summed E-state index contributed by atoms with van der Waals surface area (Å²) in [6, 6.07) is 0. The van der Waals surface area contributed by atoms with Crippen molar-refractivity contribution in [2.75, 3.05) is 0 Å². The Labute approximate surface area is 103 Å². The lowest BCUT2D eigenvalue weighted by atomic mass is 9.90. The van der Waals surface area contributed by atoms with Crippen LogP contribution in [0.15, 0.2) is 0 Å². The van der Waals surface area contributed by atoms with E-state index in [1.165, 1.54) is 0 Å². The van der Waals surface area contributed by atoms with Crippen LogP contribution in [0.5, 0.6) is 0 Å². The molecule has 17 heavy (non-hydrogen) atoms. The second kappa shape index (κ2) is 4.67. The molecule has 0 aromatic heterocycles. The summed E-state index contributed by atoms with van der Waals surface area (Å²) in [5.74, 6) is -0.753. The van der Waals surface area contributed by atoms with Gasteiger partial charge in [-0.2, -0.15) is 0 Å². The summed E-state index contributed by atoms with van der Waals surface area (Å²) in [4.78, 5) is 23.5. The molecule has 2 unspecified atom stereocenters. The molecule has 0 radical (unpaired) electrons. The Morgan fingerprint density at radius 3 is 2.53 bits per heavy atom. The number of cyclic esters (lactones) is 1. The zero-order valence-electron chi connectivity index (χ0n) is 11.3. The zero-order chi connectivity index (χ0) is 13.3. The first kappa shape index (κ1) is 14.0. The predicted octanol–water partition coefficient (Wildman–Crippen LogP) is 2.45. The molecule has 0 amide bonds. The van der Waals surface area contributed by atoms with Crippen molar-refractivity contribution >= 4 is 11.9 Å². The van der Waals surface area contributed by atoms with E-state index in [0.717, 1.165) is 6.42 Å². The van der Waals surface area contributed by atoms with Crippen molar-refractivity contribution in [2.24, 2.45) is 5.41 Å². The van der Waals surface area contributed by atoms with Crippen LogP contribution < -0.4 is 0 Å². The molecule has 0 aliphatic carbocycles. The van der Waals surface area contributed by atoms with Crippen LogP contribution in [0.1, 0.15) is 53.9 Å². The van der Waals surface area contributed by atoms with Crippen molar-refractivity contribution in [3.8, 4) is 0 Å². The summed E-state index contributed by atoms with van der Waals surface area (Å²) in [5, 5.41) is 0. The Bertz CT molecular complexity index is 321. The second-order valence-electron chi connectivity index (χ2n) is 5.56. The van der Waals surface area contributed by atoms with E-state index in [2.05, 4.69) is 0 Å². The summed E-state index contributed by atoms with van der Waals surface area (Å²) in [5.41, 5.74) is -1.04. The Morgan fingerprint density at radius 1 is 1.53 bits per heavy atom. The highest BCUT2D eigenvalue weighted by Gasteiger charge is 2.45. The first-order valence-corrected chi connectivity index (χ1v) is 6.18. The smallest absolute Gasteiger partial charge is 0.348 e. The topological polar surface area (TPSA) is 52.6 Å². The molecular formula is C13H22O4. The molecule has 1 aliphatic heterocycles. The minimum Gasteiger partial charge on any atom is -0.456 e. The van der Waals surface area contributed by atoms with E-state index in [1.807, 2.05) is 34.6 Å². The molecule has 0 aromatic carbocycles. The minimum atomic E-state index is -0.738. The van der Waals surface area contributed by atoms with E-state index in [0.29, 0.717) is 12.8 Å². The Hall–Kier alpha value is -1.06. The van der Waals surface area contributed by atoms with Gasteiger partial charge in [0, 0.05) is 6.42 Å². The summed E-state index contributed by atoms with van der Waals surface area (Å²) in [6.07, 6.45) is 1.12. The lowest BCUT2D eigenvalue weighted by Crippen LogP contribution is -2.32. The second-order valence-corrected chi connectivity index (χ2v) is 5.56. The summed E-state index contributed by atoms with van der Waals surface area (Å²) < 4.78 is 10.5. The maximum atomic E-state index is 11.9. The highest BCUT2D eigenvalue weighted by atomic mass is 16.6. The van der Waals surface area contributed by atoms with E-state index in [4.69, 9.17) is 9.47 Å². The van der Waals surface area contributed by atoms with Crippen LogP contribution in [-0.4, -0.2) is 23.6 Å². The van der Waals surface area contributed by atoms with Crippen molar-refractivity contribution in [1.82, 2.24) is 0 Å². The van der Waals surface area contributed by atoms with Crippen LogP contribution >= 0.6 is 0 Å². The summed E-state index contributed by atoms with van der Waals surface area (Å²) >= 11 is 0. The molecule has 4 nitrogen and oxygen atoms in total. The van der Waals surface area contributed by atoms with Crippen LogP contribution in [0, 0.1) is 5.41 Å². The Morgan fingerprint density at radius 2 is 2.12 bits per heavy atom. The number of rotatable bonds is 4. The predicted molar refractivity (Wildman–Crippen MR) is 63.4 cm³/mol. The fraction of sp³-hybridized carbons (Fsp3) is 0.846. The molecule has 0 spiro atoms. The van der Waals surface area contributed by atoms with E-state index in [1.54, 1.807) is 0 Å². The van der Waals surface area contributed by atoms with Crippen molar-refractivity contribution in [3.63, 3.8) is 0 Å². The van der Waals surface area contributed by atoms with Gasteiger partial charge in [-0.15, -0.1) is 0 Å². The number of carbonyl (C=O) groups is 2. The molecule has 0 saturated carbocycles. The van der Waals surface area contributed by atoms with Gasteiger partial charge in [0.1, 0.15) is 5.60 Å². The summed E-state index contributed by atoms with van der Waals surface area (Å²) in [6.45, 7) is 9.37. The molecule has 0 bridgehead atoms. The van der Waals surface area contributed by atoms with Gasteiger partial charge in [-0.05, 0) is 33.6 Å². The lowest BCUT2D eigenvalue weighted by Gasteiger charge is -2.22. The number of esters is 2.